The number of aliphatic imine (C=N–C) groups is 1. The molecule has 0 aliphatic carbocycles. The molecule has 0 bridgehead atoms. The van der Waals surface area contributed by atoms with E-state index in [2.05, 4.69) is 20.9 Å². The molecule has 1 atom stereocenters. The Morgan fingerprint density at radius 2 is 2.33 bits per heavy atom. The maximum absolute atomic E-state index is 10.5. The molecule has 1 aliphatic heterocycles. The zero-order valence-corrected chi connectivity index (χ0v) is 9.57. The van der Waals surface area contributed by atoms with E-state index in [1.54, 1.807) is 0 Å². The summed E-state index contributed by atoms with van der Waals surface area (Å²) in [4.78, 5) is 14.7. The zero-order chi connectivity index (χ0) is 10.8. The van der Waals surface area contributed by atoms with Crippen molar-refractivity contribution in [3.63, 3.8) is 0 Å². The first-order valence-corrected chi connectivity index (χ1v) is 5.51. The Morgan fingerprint density at radius 1 is 1.53 bits per heavy atom. The lowest BCUT2D eigenvalue weighted by Gasteiger charge is -2.07. The highest BCUT2D eigenvalue weighted by Crippen LogP contribution is 2.36. The molecule has 0 saturated heterocycles. The molecule has 0 saturated carbocycles. The van der Waals surface area contributed by atoms with Crippen molar-refractivity contribution in [2.24, 2.45) is 4.99 Å². The van der Waals surface area contributed by atoms with Crippen molar-refractivity contribution in [2.45, 2.75) is 18.8 Å². The Morgan fingerprint density at radius 3 is 3.07 bits per heavy atom. The number of halogens is 1. The Labute approximate surface area is 96.0 Å². The first-order chi connectivity index (χ1) is 7.16. The fourth-order valence-electron chi connectivity index (χ4n) is 1.70. The van der Waals surface area contributed by atoms with Gasteiger partial charge in [-0.1, -0.05) is 22.0 Å². The number of hydrogen-bond donors (Lipinski definition) is 1. The molecule has 78 valence electrons. The number of carbonyl (C=O) groups is 1. The van der Waals surface area contributed by atoms with Gasteiger partial charge in [-0.3, -0.25) is 9.79 Å². The SMILES string of the molecule is O=C(O)CCC1C=Nc2cc(Br)ccc21. The Balaban J connectivity index is 2.15. The molecule has 0 amide bonds. The number of nitrogens with zero attached hydrogens (tertiary/aromatic N) is 1. The van der Waals surface area contributed by atoms with Crippen LogP contribution in [-0.4, -0.2) is 17.3 Å². The predicted octanol–water partition coefficient (Wildman–Crippen LogP) is 3.11. The fraction of sp³-hybridized carbons (Fsp3) is 0.273. The van der Waals surface area contributed by atoms with Gasteiger partial charge < -0.3 is 5.11 Å². The van der Waals surface area contributed by atoms with Gasteiger partial charge in [0.1, 0.15) is 0 Å². The second-order valence-corrected chi connectivity index (χ2v) is 4.44. The highest BCUT2D eigenvalue weighted by Gasteiger charge is 2.19. The fourth-order valence-corrected chi connectivity index (χ4v) is 2.05. The standard InChI is InChI=1S/C11H10BrNO2/c12-8-2-3-9-7(1-4-11(14)15)6-13-10(9)5-8/h2-3,5-7H,1,4H2,(H,14,15). The smallest absolute Gasteiger partial charge is 0.303 e. The van der Waals surface area contributed by atoms with Crippen LogP contribution in [-0.2, 0) is 4.79 Å². The van der Waals surface area contributed by atoms with Gasteiger partial charge in [0.2, 0.25) is 0 Å². The Bertz CT molecular complexity index is 429. The van der Waals surface area contributed by atoms with Crippen LogP contribution in [0.4, 0.5) is 5.69 Å². The molecule has 1 N–H and O–H groups in total. The molecule has 15 heavy (non-hydrogen) atoms. The third kappa shape index (κ3) is 2.26. The molecule has 1 heterocycles. The Hall–Kier alpha value is -1.16. The van der Waals surface area contributed by atoms with Gasteiger partial charge in [-0.15, -0.1) is 0 Å². The van der Waals surface area contributed by atoms with E-state index in [0.717, 1.165) is 15.7 Å². The van der Waals surface area contributed by atoms with Crippen LogP contribution in [0.5, 0.6) is 0 Å². The molecule has 0 aromatic heterocycles. The van der Waals surface area contributed by atoms with Crippen LogP contribution in [0.1, 0.15) is 24.3 Å². The molecule has 2 rings (SSSR count). The number of fused-ring (bicyclic) bond motifs is 1. The van der Waals surface area contributed by atoms with E-state index in [1.807, 2.05) is 24.4 Å². The van der Waals surface area contributed by atoms with E-state index < -0.39 is 5.97 Å². The molecule has 1 aliphatic rings. The first kappa shape index (κ1) is 10.4. The number of carboxylic acids is 1. The summed E-state index contributed by atoms with van der Waals surface area (Å²) in [6.45, 7) is 0. The third-order valence-electron chi connectivity index (χ3n) is 2.45. The summed E-state index contributed by atoms with van der Waals surface area (Å²) in [6, 6.07) is 5.91. The summed E-state index contributed by atoms with van der Waals surface area (Å²) < 4.78 is 0.997. The third-order valence-corrected chi connectivity index (χ3v) is 2.95. The van der Waals surface area contributed by atoms with Gasteiger partial charge in [0.15, 0.2) is 0 Å². The van der Waals surface area contributed by atoms with Gasteiger partial charge in [-0.05, 0) is 24.1 Å². The molecule has 1 aromatic carbocycles. The van der Waals surface area contributed by atoms with Gasteiger partial charge in [-0.25, -0.2) is 0 Å². The number of aliphatic carboxylic acids is 1. The summed E-state index contributed by atoms with van der Waals surface area (Å²) in [5.41, 5.74) is 2.07. The van der Waals surface area contributed by atoms with Gasteiger partial charge in [-0.2, -0.15) is 0 Å². The normalized spacial score (nSPS) is 17.8. The first-order valence-electron chi connectivity index (χ1n) is 4.72. The minimum atomic E-state index is -0.756. The van der Waals surface area contributed by atoms with Crippen LogP contribution in [0.15, 0.2) is 27.7 Å². The van der Waals surface area contributed by atoms with Crippen molar-refractivity contribution >= 4 is 33.8 Å². The number of hydrogen-bond acceptors (Lipinski definition) is 2. The predicted molar refractivity (Wildman–Crippen MR) is 61.9 cm³/mol. The summed E-state index contributed by atoms with van der Waals surface area (Å²) >= 11 is 3.38. The molecule has 3 nitrogen and oxygen atoms in total. The van der Waals surface area contributed by atoms with E-state index in [9.17, 15) is 4.79 Å². The number of benzene rings is 1. The molecule has 4 heteroatoms. The van der Waals surface area contributed by atoms with E-state index in [4.69, 9.17) is 5.11 Å². The largest absolute Gasteiger partial charge is 0.481 e. The maximum atomic E-state index is 10.5. The average molecular weight is 268 g/mol. The molecule has 0 fully saturated rings. The highest BCUT2D eigenvalue weighted by atomic mass is 79.9. The van der Waals surface area contributed by atoms with Crippen molar-refractivity contribution in [2.75, 3.05) is 0 Å². The van der Waals surface area contributed by atoms with E-state index in [-0.39, 0.29) is 12.3 Å². The van der Waals surface area contributed by atoms with E-state index in [1.165, 1.54) is 0 Å². The van der Waals surface area contributed by atoms with Crippen LogP contribution in [0.25, 0.3) is 0 Å². The molecular weight excluding hydrogens is 258 g/mol. The van der Waals surface area contributed by atoms with Crippen molar-refractivity contribution in [3.8, 4) is 0 Å². The number of rotatable bonds is 3. The quantitative estimate of drug-likeness (QED) is 0.915. The molecule has 1 aromatic rings. The molecule has 0 radical (unpaired) electrons. The number of carboxylic acid groups (broad SMARTS) is 1. The monoisotopic (exact) mass is 267 g/mol. The lowest BCUT2D eigenvalue weighted by molar-refractivity contribution is -0.137. The van der Waals surface area contributed by atoms with Crippen molar-refractivity contribution in [1.82, 2.24) is 0 Å². The van der Waals surface area contributed by atoms with E-state index >= 15 is 0 Å². The van der Waals surface area contributed by atoms with Crippen molar-refractivity contribution < 1.29 is 9.90 Å². The van der Waals surface area contributed by atoms with Crippen molar-refractivity contribution in [3.05, 3.63) is 28.2 Å². The van der Waals surface area contributed by atoms with Crippen LogP contribution in [0.3, 0.4) is 0 Å². The highest BCUT2D eigenvalue weighted by molar-refractivity contribution is 9.10. The van der Waals surface area contributed by atoms with Gasteiger partial charge >= 0.3 is 5.97 Å². The summed E-state index contributed by atoms with van der Waals surface area (Å²) in [5, 5.41) is 8.61. The minimum absolute atomic E-state index is 0.157. The summed E-state index contributed by atoms with van der Waals surface area (Å²) in [6.07, 6.45) is 2.64. The lowest BCUT2D eigenvalue weighted by Crippen LogP contribution is -2.01. The maximum Gasteiger partial charge on any atom is 0.303 e. The molecule has 0 spiro atoms. The Kier molecular flexibility index (Phi) is 2.86. The van der Waals surface area contributed by atoms with Gasteiger partial charge in [0.05, 0.1) is 5.69 Å². The minimum Gasteiger partial charge on any atom is -0.481 e. The van der Waals surface area contributed by atoms with Crippen LogP contribution < -0.4 is 0 Å². The van der Waals surface area contributed by atoms with Crippen LogP contribution in [0, 0.1) is 0 Å². The second kappa shape index (κ2) is 4.14. The molecular formula is C11H10BrNO2. The summed E-state index contributed by atoms with van der Waals surface area (Å²) in [5.74, 6) is -0.599. The zero-order valence-electron chi connectivity index (χ0n) is 7.98. The van der Waals surface area contributed by atoms with Gasteiger partial charge in [0.25, 0.3) is 0 Å². The second-order valence-electron chi connectivity index (χ2n) is 3.52. The summed E-state index contributed by atoms with van der Waals surface area (Å²) in [7, 11) is 0. The van der Waals surface area contributed by atoms with Crippen molar-refractivity contribution in [1.29, 1.82) is 0 Å². The average Bonchev–Trinajstić information content (AvgIpc) is 2.57. The van der Waals surface area contributed by atoms with Crippen LogP contribution >= 0.6 is 15.9 Å². The van der Waals surface area contributed by atoms with Crippen LogP contribution in [0.2, 0.25) is 0 Å². The molecule has 1 unspecified atom stereocenters. The lowest BCUT2D eigenvalue weighted by atomic mass is 9.96. The van der Waals surface area contributed by atoms with Gasteiger partial charge in [0, 0.05) is 23.0 Å². The topological polar surface area (TPSA) is 49.7 Å². The van der Waals surface area contributed by atoms with E-state index in [0.29, 0.717) is 6.42 Å².